The first-order valence-electron chi connectivity index (χ1n) is 17.1. The minimum Gasteiger partial charge on any atom is -0.508 e. The molecule has 1 aliphatic carbocycles. The Morgan fingerprint density at radius 1 is 0.958 bits per heavy atom. The average Bonchev–Trinajstić information content (AvgIpc) is 3.07. The first kappa shape index (κ1) is 34.9. The summed E-state index contributed by atoms with van der Waals surface area (Å²) in [4.78, 5) is 0. The molecule has 0 saturated carbocycles. The van der Waals surface area contributed by atoms with E-state index in [-0.39, 0.29) is 42.3 Å². The molecule has 0 spiro atoms. The van der Waals surface area contributed by atoms with Gasteiger partial charge in [-0.3, -0.25) is 0 Å². The topological polar surface area (TPSA) is 118 Å². The van der Waals surface area contributed by atoms with Gasteiger partial charge in [0, 0.05) is 40.2 Å². The minimum absolute atomic E-state index is 0.0801. The monoisotopic (exact) mass is 696 g/mol. The first-order valence-corrected chi connectivity index (χ1v) is 19.6. The standard InChI is InChI=1S/C38H48O8S2/c1-21(2)9-12-44-33-17-24(16-32(43-4)37(33)42)38-36(41)29-20-48-47-14-10-22(3)5-6-23-15-28-34(26-8-7-25(40)18-27(23)26)30(45-13-11-39)19-31(46-38)35(28)29/h7-8,16-19,21-23,29,36,38-42H,5-6,9-15,20H2,1-4H3/t22-,23-,29-,36+,38-/m0/s1. The molecule has 2 aliphatic heterocycles. The summed E-state index contributed by atoms with van der Waals surface area (Å²) in [5.74, 6) is 4.59. The molecule has 0 amide bonds. The highest BCUT2D eigenvalue weighted by Crippen LogP contribution is 2.56. The number of aliphatic hydroxyl groups is 2. The van der Waals surface area contributed by atoms with Crippen molar-refractivity contribution in [3.63, 3.8) is 0 Å². The van der Waals surface area contributed by atoms with Gasteiger partial charge in [-0.1, -0.05) is 54.8 Å². The van der Waals surface area contributed by atoms with Crippen LogP contribution in [0.3, 0.4) is 0 Å². The van der Waals surface area contributed by atoms with Crippen LogP contribution in [0.15, 0.2) is 36.4 Å². The third-order valence-electron chi connectivity index (χ3n) is 9.89. The molecule has 0 unspecified atom stereocenters. The van der Waals surface area contributed by atoms with Crippen LogP contribution in [-0.2, 0) is 6.42 Å². The summed E-state index contributed by atoms with van der Waals surface area (Å²) in [6.45, 7) is 6.97. The fourth-order valence-corrected chi connectivity index (χ4v) is 9.84. The number of aromatic hydroxyl groups is 2. The molecule has 4 N–H and O–H groups in total. The summed E-state index contributed by atoms with van der Waals surface area (Å²) in [6, 6.07) is 11.0. The summed E-state index contributed by atoms with van der Waals surface area (Å²) in [5.41, 5.74) is 5.81. The molecule has 0 fully saturated rings. The molecule has 0 aromatic heterocycles. The molecule has 3 aliphatic rings. The Labute approximate surface area is 291 Å². The van der Waals surface area contributed by atoms with Crippen molar-refractivity contribution in [2.45, 2.75) is 76.9 Å². The molecule has 3 aromatic rings. The van der Waals surface area contributed by atoms with Crippen LogP contribution in [-0.4, -0.2) is 65.0 Å². The normalized spacial score (nSPS) is 23.6. The molecular formula is C38H48O8S2. The fraction of sp³-hybridized carbons (Fsp3) is 0.526. The summed E-state index contributed by atoms with van der Waals surface area (Å²) in [6.07, 6.45) is 3.06. The highest BCUT2D eigenvalue weighted by Gasteiger charge is 2.43. The molecule has 48 heavy (non-hydrogen) atoms. The third-order valence-corrected chi connectivity index (χ3v) is 12.4. The summed E-state index contributed by atoms with van der Waals surface area (Å²) < 4.78 is 24.6. The van der Waals surface area contributed by atoms with Crippen LogP contribution < -0.4 is 18.9 Å². The molecule has 2 bridgehead atoms. The van der Waals surface area contributed by atoms with Crippen molar-refractivity contribution in [2.24, 2.45) is 11.8 Å². The number of aliphatic hydroxyl groups excluding tert-OH is 2. The number of hydrogen-bond acceptors (Lipinski definition) is 10. The van der Waals surface area contributed by atoms with Crippen LogP contribution in [0.2, 0.25) is 0 Å². The van der Waals surface area contributed by atoms with E-state index in [1.54, 1.807) is 29.0 Å². The number of rotatable bonds is 9. The lowest BCUT2D eigenvalue weighted by Crippen LogP contribution is -2.37. The maximum Gasteiger partial charge on any atom is 0.200 e. The van der Waals surface area contributed by atoms with Crippen molar-refractivity contribution in [2.75, 3.05) is 38.4 Å². The van der Waals surface area contributed by atoms with Crippen LogP contribution in [0.25, 0.3) is 11.1 Å². The van der Waals surface area contributed by atoms with Gasteiger partial charge in [0.05, 0.1) is 20.3 Å². The smallest absolute Gasteiger partial charge is 0.200 e. The van der Waals surface area contributed by atoms with E-state index in [0.717, 1.165) is 65.7 Å². The number of fused-ring (bicyclic) bond motifs is 4. The van der Waals surface area contributed by atoms with E-state index >= 15 is 0 Å². The van der Waals surface area contributed by atoms with Crippen LogP contribution in [0.5, 0.6) is 34.5 Å². The van der Waals surface area contributed by atoms with Gasteiger partial charge in [-0.05, 0) is 84.4 Å². The van der Waals surface area contributed by atoms with Crippen molar-refractivity contribution >= 4 is 21.6 Å². The van der Waals surface area contributed by atoms with E-state index in [9.17, 15) is 20.4 Å². The number of phenols is 2. The molecule has 2 heterocycles. The van der Waals surface area contributed by atoms with Gasteiger partial charge in [-0.15, -0.1) is 0 Å². The van der Waals surface area contributed by atoms with E-state index in [1.165, 1.54) is 7.11 Å². The largest absolute Gasteiger partial charge is 0.508 e. The second-order valence-corrected chi connectivity index (χ2v) is 16.3. The Bertz CT molecular complexity index is 1590. The Hall–Kier alpha value is -2.92. The molecule has 6 rings (SSSR count). The van der Waals surface area contributed by atoms with E-state index in [4.69, 9.17) is 18.9 Å². The quantitative estimate of drug-likeness (QED) is 0.164. The minimum atomic E-state index is -0.902. The van der Waals surface area contributed by atoms with Gasteiger partial charge in [-0.25, -0.2) is 0 Å². The first-order chi connectivity index (χ1) is 23.2. The Morgan fingerprint density at radius 3 is 2.52 bits per heavy atom. The average molecular weight is 697 g/mol. The van der Waals surface area contributed by atoms with Crippen LogP contribution in [0.1, 0.15) is 86.6 Å². The Kier molecular flexibility index (Phi) is 11.1. The maximum absolute atomic E-state index is 12.3. The molecule has 0 saturated heterocycles. The van der Waals surface area contributed by atoms with Crippen molar-refractivity contribution in [1.82, 2.24) is 0 Å². The van der Waals surface area contributed by atoms with Gasteiger partial charge < -0.3 is 39.4 Å². The zero-order valence-electron chi connectivity index (χ0n) is 28.2. The van der Waals surface area contributed by atoms with Gasteiger partial charge in [-0.2, -0.15) is 0 Å². The van der Waals surface area contributed by atoms with Crippen molar-refractivity contribution in [3.05, 3.63) is 58.7 Å². The summed E-state index contributed by atoms with van der Waals surface area (Å²) in [7, 11) is 5.14. The second-order valence-electron chi connectivity index (χ2n) is 13.7. The SMILES string of the molecule is COc1cc([C@@H]2Oc3cc(OCCO)c4c5c3[C@H](CSSCC[C@@H](C)CC[C@@H](C5)c3cc(O)ccc3-4)[C@H]2O)cc(OCCC(C)C)c1O. The molecule has 8 nitrogen and oxygen atoms in total. The second kappa shape index (κ2) is 15.3. The van der Waals surface area contributed by atoms with Crippen molar-refractivity contribution < 1.29 is 39.4 Å². The highest BCUT2D eigenvalue weighted by atomic mass is 33.1. The molecule has 0 radical (unpaired) electrons. The van der Waals surface area contributed by atoms with Crippen LogP contribution >= 0.6 is 21.6 Å². The predicted molar refractivity (Wildman–Crippen MR) is 192 cm³/mol. The van der Waals surface area contributed by atoms with Gasteiger partial charge >= 0.3 is 0 Å². The van der Waals surface area contributed by atoms with Crippen molar-refractivity contribution in [1.29, 1.82) is 0 Å². The summed E-state index contributed by atoms with van der Waals surface area (Å²) in [5, 5.41) is 43.5. The number of benzene rings is 3. The van der Waals surface area contributed by atoms with Crippen LogP contribution in [0, 0.1) is 11.8 Å². The highest BCUT2D eigenvalue weighted by molar-refractivity contribution is 8.76. The van der Waals surface area contributed by atoms with E-state index in [2.05, 4.69) is 20.8 Å². The van der Waals surface area contributed by atoms with E-state index in [1.807, 2.05) is 29.0 Å². The molecule has 5 atom stereocenters. The zero-order valence-corrected chi connectivity index (χ0v) is 29.9. The molecular weight excluding hydrogens is 649 g/mol. The molecule has 260 valence electrons. The van der Waals surface area contributed by atoms with Gasteiger partial charge in [0.1, 0.15) is 30.0 Å². The zero-order chi connectivity index (χ0) is 33.9. The van der Waals surface area contributed by atoms with Gasteiger partial charge in [0.25, 0.3) is 0 Å². The predicted octanol–water partition coefficient (Wildman–Crippen LogP) is 7.99. The number of ether oxygens (including phenoxy) is 4. The van der Waals surface area contributed by atoms with Crippen LogP contribution in [0.4, 0.5) is 0 Å². The third kappa shape index (κ3) is 7.18. The number of methoxy groups -OCH3 is 1. The lowest BCUT2D eigenvalue weighted by Gasteiger charge is -2.41. The van der Waals surface area contributed by atoms with E-state index in [0.29, 0.717) is 47.0 Å². The Balaban J connectivity index is 1.50. The molecule has 10 heteroatoms. The Morgan fingerprint density at radius 2 is 1.75 bits per heavy atom. The number of phenolic OH excluding ortho intramolecular Hbond substituents is 2. The fourth-order valence-electron chi connectivity index (χ4n) is 7.24. The maximum atomic E-state index is 12.3. The van der Waals surface area contributed by atoms with Gasteiger partial charge in [0.15, 0.2) is 17.6 Å². The lowest BCUT2D eigenvalue weighted by molar-refractivity contribution is 0.00412. The van der Waals surface area contributed by atoms with Crippen molar-refractivity contribution in [3.8, 4) is 45.6 Å². The summed E-state index contributed by atoms with van der Waals surface area (Å²) >= 11 is 0. The van der Waals surface area contributed by atoms with Gasteiger partial charge in [0.2, 0.25) is 5.75 Å². The lowest BCUT2D eigenvalue weighted by atomic mass is 9.71. The number of hydrogen-bond donors (Lipinski definition) is 4. The molecule has 3 aromatic carbocycles. The van der Waals surface area contributed by atoms with E-state index < -0.39 is 12.2 Å².